The number of carbonyl (C=O) groups is 1. The monoisotopic (exact) mass is 282 g/mol. The molecule has 3 N–H and O–H groups in total. The summed E-state index contributed by atoms with van der Waals surface area (Å²) in [6, 6.07) is 0. The smallest absolute Gasteiger partial charge is 0.220 e. The van der Waals surface area contributed by atoms with Gasteiger partial charge in [-0.05, 0) is 57.0 Å². The van der Waals surface area contributed by atoms with E-state index in [0.717, 1.165) is 38.8 Å². The molecular formula is C16H30N2O2. The van der Waals surface area contributed by atoms with Gasteiger partial charge in [0, 0.05) is 13.0 Å². The summed E-state index contributed by atoms with van der Waals surface area (Å²) in [5.41, 5.74) is -0.667. The molecule has 1 heterocycles. The first-order chi connectivity index (χ1) is 9.57. The van der Waals surface area contributed by atoms with E-state index < -0.39 is 5.60 Å². The molecule has 1 saturated heterocycles. The van der Waals surface area contributed by atoms with Crippen molar-refractivity contribution in [2.75, 3.05) is 19.6 Å². The first-order valence-corrected chi connectivity index (χ1v) is 8.27. The van der Waals surface area contributed by atoms with Crippen LogP contribution in [-0.2, 0) is 4.79 Å². The number of carbonyl (C=O) groups excluding carboxylic acids is 1. The highest BCUT2D eigenvalue weighted by Gasteiger charge is 2.32. The lowest BCUT2D eigenvalue weighted by Crippen LogP contribution is -2.45. The van der Waals surface area contributed by atoms with Gasteiger partial charge in [-0.1, -0.05) is 19.8 Å². The minimum absolute atomic E-state index is 0.0993. The normalized spacial score (nSPS) is 34.7. The quantitative estimate of drug-likeness (QED) is 0.721. The van der Waals surface area contributed by atoms with Crippen LogP contribution in [0.4, 0.5) is 0 Å². The minimum Gasteiger partial charge on any atom is -0.388 e. The average Bonchev–Trinajstić information content (AvgIpc) is 2.44. The van der Waals surface area contributed by atoms with Crippen molar-refractivity contribution < 1.29 is 9.90 Å². The van der Waals surface area contributed by atoms with Crippen LogP contribution in [0.15, 0.2) is 0 Å². The van der Waals surface area contributed by atoms with Gasteiger partial charge in [0.25, 0.3) is 0 Å². The molecule has 0 radical (unpaired) electrons. The molecule has 1 amide bonds. The van der Waals surface area contributed by atoms with Crippen LogP contribution in [0.3, 0.4) is 0 Å². The number of rotatable bonds is 5. The fourth-order valence-electron chi connectivity index (χ4n) is 3.65. The predicted molar refractivity (Wildman–Crippen MR) is 80.4 cm³/mol. The minimum atomic E-state index is -0.667. The van der Waals surface area contributed by atoms with E-state index in [-0.39, 0.29) is 5.91 Å². The molecule has 4 heteroatoms. The maximum Gasteiger partial charge on any atom is 0.220 e. The zero-order chi connectivity index (χ0) is 14.4. The summed E-state index contributed by atoms with van der Waals surface area (Å²) in [5.74, 6) is 1.31. The Kier molecular flexibility index (Phi) is 5.85. The lowest BCUT2D eigenvalue weighted by molar-refractivity contribution is -0.123. The summed E-state index contributed by atoms with van der Waals surface area (Å²) in [5, 5.41) is 16.8. The third kappa shape index (κ3) is 5.06. The van der Waals surface area contributed by atoms with Gasteiger partial charge < -0.3 is 15.7 Å². The maximum absolute atomic E-state index is 11.9. The zero-order valence-electron chi connectivity index (χ0n) is 12.8. The lowest BCUT2D eigenvalue weighted by Gasteiger charge is -2.35. The number of piperidine rings is 1. The van der Waals surface area contributed by atoms with Gasteiger partial charge in [0.05, 0.1) is 5.60 Å². The number of hydrogen-bond acceptors (Lipinski definition) is 3. The third-order valence-electron chi connectivity index (χ3n) is 4.86. The first kappa shape index (κ1) is 15.8. The second-order valence-electron chi connectivity index (χ2n) is 6.95. The molecular weight excluding hydrogens is 252 g/mol. The molecule has 0 spiro atoms. The lowest BCUT2D eigenvalue weighted by atomic mass is 9.79. The molecule has 2 fully saturated rings. The van der Waals surface area contributed by atoms with Gasteiger partial charge in [-0.2, -0.15) is 0 Å². The van der Waals surface area contributed by atoms with Crippen LogP contribution in [-0.4, -0.2) is 36.2 Å². The van der Waals surface area contributed by atoms with E-state index in [0.29, 0.717) is 24.8 Å². The molecule has 1 aliphatic carbocycles. The molecule has 4 nitrogen and oxygen atoms in total. The first-order valence-electron chi connectivity index (χ1n) is 8.27. The van der Waals surface area contributed by atoms with Crippen LogP contribution in [0.5, 0.6) is 0 Å². The van der Waals surface area contributed by atoms with Crippen molar-refractivity contribution in [3.05, 3.63) is 0 Å². The van der Waals surface area contributed by atoms with E-state index in [1.165, 1.54) is 19.3 Å². The fraction of sp³-hybridized carbons (Fsp3) is 0.938. The molecule has 1 saturated carbocycles. The zero-order valence-corrected chi connectivity index (χ0v) is 12.8. The summed E-state index contributed by atoms with van der Waals surface area (Å²) in [6.07, 6.45) is 7.94. The van der Waals surface area contributed by atoms with E-state index >= 15 is 0 Å². The molecule has 3 atom stereocenters. The molecule has 2 rings (SSSR count). The van der Waals surface area contributed by atoms with E-state index in [1.54, 1.807) is 0 Å². The van der Waals surface area contributed by atoms with Crippen molar-refractivity contribution >= 4 is 5.91 Å². The topological polar surface area (TPSA) is 61.4 Å². The SMILES string of the molecule is CC1CCCC(O)(CNC(=O)CCC2CCCNC2)C1. The molecule has 0 aromatic heterocycles. The highest BCUT2D eigenvalue weighted by molar-refractivity contribution is 5.75. The van der Waals surface area contributed by atoms with Crippen molar-refractivity contribution in [3.8, 4) is 0 Å². The summed E-state index contributed by atoms with van der Waals surface area (Å²) in [6.45, 7) is 4.78. The average molecular weight is 282 g/mol. The summed E-state index contributed by atoms with van der Waals surface area (Å²) in [4.78, 5) is 11.9. The Hall–Kier alpha value is -0.610. The van der Waals surface area contributed by atoms with Crippen LogP contribution < -0.4 is 10.6 Å². The third-order valence-corrected chi connectivity index (χ3v) is 4.86. The van der Waals surface area contributed by atoms with Crippen molar-refractivity contribution in [1.82, 2.24) is 10.6 Å². The Morgan fingerprint density at radius 2 is 2.25 bits per heavy atom. The Morgan fingerprint density at radius 3 is 2.95 bits per heavy atom. The van der Waals surface area contributed by atoms with Crippen LogP contribution >= 0.6 is 0 Å². The Labute approximate surface area is 122 Å². The molecule has 20 heavy (non-hydrogen) atoms. The number of aliphatic hydroxyl groups is 1. The number of amides is 1. The largest absolute Gasteiger partial charge is 0.388 e. The Balaban J connectivity index is 1.64. The van der Waals surface area contributed by atoms with Gasteiger partial charge in [-0.3, -0.25) is 4.79 Å². The Bertz CT molecular complexity index is 316. The van der Waals surface area contributed by atoms with Crippen LogP contribution in [0.25, 0.3) is 0 Å². The van der Waals surface area contributed by atoms with E-state index in [2.05, 4.69) is 17.6 Å². The summed E-state index contributed by atoms with van der Waals surface area (Å²) in [7, 11) is 0. The van der Waals surface area contributed by atoms with Crippen LogP contribution in [0.1, 0.15) is 58.3 Å². The van der Waals surface area contributed by atoms with E-state index in [4.69, 9.17) is 0 Å². The highest BCUT2D eigenvalue weighted by atomic mass is 16.3. The summed E-state index contributed by atoms with van der Waals surface area (Å²) >= 11 is 0. The van der Waals surface area contributed by atoms with Crippen LogP contribution in [0, 0.1) is 11.8 Å². The molecule has 1 aliphatic heterocycles. The fourth-order valence-corrected chi connectivity index (χ4v) is 3.65. The Morgan fingerprint density at radius 1 is 1.40 bits per heavy atom. The van der Waals surface area contributed by atoms with Gasteiger partial charge in [-0.15, -0.1) is 0 Å². The van der Waals surface area contributed by atoms with Crippen LogP contribution in [0.2, 0.25) is 0 Å². The van der Waals surface area contributed by atoms with Crippen molar-refractivity contribution in [3.63, 3.8) is 0 Å². The van der Waals surface area contributed by atoms with Crippen molar-refractivity contribution in [2.24, 2.45) is 11.8 Å². The van der Waals surface area contributed by atoms with Crippen molar-refractivity contribution in [2.45, 2.75) is 63.9 Å². The van der Waals surface area contributed by atoms with Gasteiger partial charge in [0.2, 0.25) is 5.91 Å². The second kappa shape index (κ2) is 7.41. The van der Waals surface area contributed by atoms with E-state index in [9.17, 15) is 9.90 Å². The number of nitrogens with one attached hydrogen (secondary N) is 2. The molecule has 116 valence electrons. The highest BCUT2D eigenvalue weighted by Crippen LogP contribution is 2.31. The molecule has 3 unspecified atom stereocenters. The van der Waals surface area contributed by atoms with Gasteiger partial charge in [0.1, 0.15) is 0 Å². The molecule has 0 aromatic rings. The summed E-state index contributed by atoms with van der Waals surface area (Å²) < 4.78 is 0. The van der Waals surface area contributed by atoms with E-state index in [1.807, 2.05) is 0 Å². The predicted octanol–water partition coefficient (Wildman–Crippen LogP) is 1.82. The molecule has 0 bridgehead atoms. The maximum atomic E-state index is 11.9. The van der Waals surface area contributed by atoms with Crippen molar-refractivity contribution in [1.29, 1.82) is 0 Å². The van der Waals surface area contributed by atoms with Gasteiger partial charge in [0.15, 0.2) is 0 Å². The standard InChI is InChI=1S/C16H30N2O2/c1-13-4-2-8-16(20,10-13)12-18-15(19)7-6-14-5-3-9-17-11-14/h13-14,17,20H,2-12H2,1H3,(H,18,19). The molecule has 2 aliphatic rings. The molecule has 0 aromatic carbocycles. The number of hydrogen-bond donors (Lipinski definition) is 3. The van der Waals surface area contributed by atoms with Gasteiger partial charge >= 0.3 is 0 Å². The second-order valence-corrected chi connectivity index (χ2v) is 6.95. The van der Waals surface area contributed by atoms with Gasteiger partial charge in [-0.25, -0.2) is 0 Å².